The Labute approximate surface area is 131 Å². The molecule has 0 heterocycles. The van der Waals surface area contributed by atoms with Gasteiger partial charge in [0, 0.05) is 5.69 Å². The van der Waals surface area contributed by atoms with E-state index in [2.05, 4.69) is 5.32 Å². The minimum atomic E-state index is -4.35. The van der Waals surface area contributed by atoms with Crippen LogP contribution in [0.5, 0.6) is 5.75 Å². The van der Waals surface area contributed by atoms with E-state index in [-0.39, 0.29) is 6.61 Å². The molecule has 0 aliphatic rings. The highest BCUT2D eigenvalue weighted by atomic mass is 19.4. The van der Waals surface area contributed by atoms with Crippen LogP contribution in [0, 0.1) is 6.92 Å². The summed E-state index contributed by atoms with van der Waals surface area (Å²) in [5, 5.41) is 2.44. The van der Waals surface area contributed by atoms with Crippen LogP contribution in [0.4, 0.5) is 23.7 Å². The number of primary amides is 1. The topological polar surface area (TPSA) is 64.3 Å². The molecule has 0 aliphatic heterocycles. The van der Waals surface area contributed by atoms with Crippen molar-refractivity contribution in [2.45, 2.75) is 19.7 Å². The smallest absolute Gasteiger partial charge is 0.416 e. The van der Waals surface area contributed by atoms with Crippen molar-refractivity contribution in [1.29, 1.82) is 0 Å². The average molecular weight is 324 g/mol. The van der Waals surface area contributed by atoms with Crippen molar-refractivity contribution < 1.29 is 22.7 Å². The number of amides is 2. The third-order valence-corrected chi connectivity index (χ3v) is 3.12. The molecule has 2 aromatic rings. The number of alkyl halides is 3. The first-order chi connectivity index (χ1) is 10.8. The summed E-state index contributed by atoms with van der Waals surface area (Å²) in [6.07, 6.45) is -4.35. The second-order valence-corrected chi connectivity index (χ2v) is 4.95. The number of aryl methyl sites for hydroxylation is 1. The normalized spacial score (nSPS) is 11.1. The highest BCUT2D eigenvalue weighted by Gasteiger charge is 2.29. The van der Waals surface area contributed by atoms with Crippen molar-refractivity contribution in [1.82, 2.24) is 0 Å². The number of hydrogen-bond acceptors (Lipinski definition) is 2. The van der Waals surface area contributed by atoms with Gasteiger partial charge in [0.25, 0.3) is 0 Å². The quantitative estimate of drug-likeness (QED) is 0.890. The molecule has 0 fully saturated rings. The number of carbonyl (C=O) groups is 1. The van der Waals surface area contributed by atoms with E-state index in [1.165, 1.54) is 12.1 Å². The van der Waals surface area contributed by atoms with Gasteiger partial charge in [0.2, 0.25) is 0 Å². The Bertz CT molecular complexity index is 697. The molecule has 2 amide bonds. The zero-order valence-electron chi connectivity index (χ0n) is 12.3. The van der Waals surface area contributed by atoms with Crippen molar-refractivity contribution in [2.75, 3.05) is 5.32 Å². The maximum atomic E-state index is 12.5. The van der Waals surface area contributed by atoms with Gasteiger partial charge in [-0.1, -0.05) is 12.1 Å². The van der Waals surface area contributed by atoms with Crippen molar-refractivity contribution >= 4 is 11.7 Å². The Hall–Kier alpha value is -2.70. The van der Waals surface area contributed by atoms with Gasteiger partial charge in [-0.3, -0.25) is 0 Å². The molecule has 2 rings (SSSR count). The Morgan fingerprint density at radius 1 is 1.17 bits per heavy atom. The molecule has 0 unspecified atom stereocenters. The first-order valence-electron chi connectivity index (χ1n) is 6.72. The third-order valence-electron chi connectivity index (χ3n) is 3.12. The molecule has 122 valence electrons. The molecule has 0 saturated carbocycles. The van der Waals surface area contributed by atoms with Gasteiger partial charge >= 0.3 is 12.2 Å². The summed E-state index contributed by atoms with van der Waals surface area (Å²) in [6.45, 7) is 1.93. The van der Waals surface area contributed by atoms with E-state index >= 15 is 0 Å². The molecule has 3 N–H and O–H groups in total. The minimum Gasteiger partial charge on any atom is -0.489 e. The lowest BCUT2D eigenvalue weighted by Crippen LogP contribution is -2.19. The number of halogens is 3. The second-order valence-electron chi connectivity index (χ2n) is 4.95. The van der Waals surface area contributed by atoms with Gasteiger partial charge in [0.15, 0.2) is 0 Å². The maximum absolute atomic E-state index is 12.5. The monoisotopic (exact) mass is 324 g/mol. The van der Waals surface area contributed by atoms with Crippen LogP contribution < -0.4 is 15.8 Å². The average Bonchev–Trinajstić information content (AvgIpc) is 2.45. The molecule has 0 radical (unpaired) electrons. The van der Waals surface area contributed by atoms with E-state index in [9.17, 15) is 18.0 Å². The summed E-state index contributed by atoms with van der Waals surface area (Å²) in [7, 11) is 0. The summed E-state index contributed by atoms with van der Waals surface area (Å²) < 4.78 is 43.0. The van der Waals surface area contributed by atoms with Crippen LogP contribution in [0.15, 0.2) is 42.5 Å². The molecule has 0 bridgehead atoms. The van der Waals surface area contributed by atoms with Crippen molar-refractivity contribution in [3.63, 3.8) is 0 Å². The SMILES string of the molecule is Cc1cc(NC(N)=O)ccc1OCc1ccc(C(F)(F)F)cc1. The number of nitrogens with one attached hydrogen (secondary N) is 1. The molecule has 2 aromatic carbocycles. The van der Waals surface area contributed by atoms with Crippen molar-refractivity contribution in [2.24, 2.45) is 5.73 Å². The van der Waals surface area contributed by atoms with E-state index in [4.69, 9.17) is 10.5 Å². The molecule has 0 aliphatic carbocycles. The van der Waals surface area contributed by atoms with Crippen LogP contribution in [0.2, 0.25) is 0 Å². The Morgan fingerprint density at radius 2 is 1.83 bits per heavy atom. The number of rotatable bonds is 4. The van der Waals surface area contributed by atoms with Crippen LogP contribution in [-0.2, 0) is 12.8 Å². The van der Waals surface area contributed by atoms with E-state index in [1.807, 2.05) is 0 Å². The number of hydrogen-bond donors (Lipinski definition) is 2. The van der Waals surface area contributed by atoms with Crippen LogP contribution >= 0.6 is 0 Å². The van der Waals surface area contributed by atoms with Gasteiger partial charge in [0.1, 0.15) is 12.4 Å². The maximum Gasteiger partial charge on any atom is 0.416 e. The molecule has 0 aromatic heterocycles. The molecule has 7 heteroatoms. The van der Waals surface area contributed by atoms with Crippen LogP contribution in [-0.4, -0.2) is 6.03 Å². The lowest BCUT2D eigenvalue weighted by Gasteiger charge is -2.12. The van der Waals surface area contributed by atoms with Gasteiger partial charge < -0.3 is 15.8 Å². The van der Waals surface area contributed by atoms with Crippen LogP contribution in [0.25, 0.3) is 0 Å². The van der Waals surface area contributed by atoms with Crippen molar-refractivity contribution in [3.8, 4) is 5.75 Å². The lowest BCUT2D eigenvalue weighted by atomic mass is 10.1. The standard InChI is InChI=1S/C16H15F3N2O2/c1-10-8-13(21-15(20)22)6-7-14(10)23-9-11-2-4-12(5-3-11)16(17,18)19/h2-8H,9H2,1H3,(H3,20,21,22). The number of benzene rings is 2. The zero-order valence-corrected chi connectivity index (χ0v) is 12.3. The van der Waals surface area contributed by atoms with E-state index < -0.39 is 17.8 Å². The van der Waals surface area contributed by atoms with Crippen LogP contribution in [0.1, 0.15) is 16.7 Å². The zero-order chi connectivity index (χ0) is 17.0. The molecule has 0 atom stereocenters. The van der Waals surface area contributed by atoms with E-state index in [0.29, 0.717) is 17.0 Å². The van der Waals surface area contributed by atoms with Gasteiger partial charge in [-0.25, -0.2) is 4.79 Å². The fourth-order valence-corrected chi connectivity index (χ4v) is 1.98. The Balaban J connectivity index is 2.02. The predicted molar refractivity (Wildman–Crippen MR) is 80.2 cm³/mol. The summed E-state index contributed by atoms with van der Waals surface area (Å²) >= 11 is 0. The number of urea groups is 1. The number of anilines is 1. The molecular formula is C16H15F3N2O2. The minimum absolute atomic E-state index is 0.140. The highest BCUT2D eigenvalue weighted by Crippen LogP contribution is 2.29. The molecule has 4 nitrogen and oxygen atoms in total. The first kappa shape index (κ1) is 16.7. The van der Waals surface area contributed by atoms with Gasteiger partial charge in [0.05, 0.1) is 5.56 Å². The van der Waals surface area contributed by atoms with Crippen LogP contribution in [0.3, 0.4) is 0 Å². The fraction of sp³-hybridized carbons (Fsp3) is 0.188. The van der Waals surface area contributed by atoms with Gasteiger partial charge in [-0.05, 0) is 48.4 Å². The highest BCUT2D eigenvalue weighted by molar-refractivity contribution is 5.87. The molecular weight excluding hydrogens is 309 g/mol. The molecule has 23 heavy (non-hydrogen) atoms. The Kier molecular flexibility index (Phi) is 4.78. The molecule has 0 spiro atoms. The van der Waals surface area contributed by atoms with Gasteiger partial charge in [-0.2, -0.15) is 13.2 Å². The number of nitrogens with two attached hydrogens (primary N) is 1. The largest absolute Gasteiger partial charge is 0.489 e. The fourth-order valence-electron chi connectivity index (χ4n) is 1.98. The number of ether oxygens (including phenoxy) is 1. The number of carbonyl (C=O) groups excluding carboxylic acids is 1. The Morgan fingerprint density at radius 3 is 2.35 bits per heavy atom. The predicted octanol–water partition coefficient (Wildman–Crippen LogP) is 4.08. The molecule has 0 saturated heterocycles. The summed E-state index contributed by atoms with van der Waals surface area (Å²) in [5.41, 5.74) is 6.26. The van der Waals surface area contributed by atoms with E-state index in [0.717, 1.165) is 17.7 Å². The van der Waals surface area contributed by atoms with Crippen molar-refractivity contribution in [3.05, 3.63) is 59.2 Å². The second kappa shape index (κ2) is 6.60. The summed E-state index contributed by atoms with van der Waals surface area (Å²) in [5.74, 6) is 0.569. The first-order valence-corrected chi connectivity index (χ1v) is 6.72. The third kappa shape index (κ3) is 4.64. The van der Waals surface area contributed by atoms with E-state index in [1.54, 1.807) is 25.1 Å². The summed E-state index contributed by atoms with van der Waals surface area (Å²) in [4.78, 5) is 10.8. The lowest BCUT2D eigenvalue weighted by molar-refractivity contribution is -0.137. The van der Waals surface area contributed by atoms with Gasteiger partial charge in [-0.15, -0.1) is 0 Å². The summed E-state index contributed by atoms with van der Waals surface area (Å²) in [6, 6.07) is 9.10.